The predicted octanol–water partition coefficient (Wildman–Crippen LogP) is 1.76. The number of carbonyl (C=O) groups is 2. The summed E-state index contributed by atoms with van der Waals surface area (Å²) < 4.78 is 32.7. The van der Waals surface area contributed by atoms with Gasteiger partial charge in [-0.05, 0) is 29.8 Å². The highest BCUT2D eigenvalue weighted by Crippen LogP contribution is 2.28. The van der Waals surface area contributed by atoms with Crippen LogP contribution in [0.25, 0.3) is 0 Å². The van der Waals surface area contributed by atoms with E-state index in [0.29, 0.717) is 11.3 Å². The highest BCUT2D eigenvalue weighted by atomic mass is 32.2. The van der Waals surface area contributed by atoms with Crippen LogP contribution < -0.4 is 9.46 Å². The summed E-state index contributed by atoms with van der Waals surface area (Å²) in [7, 11) is -3.86. The number of ketones is 1. The third-order valence-electron chi connectivity index (χ3n) is 3.22. The summed E-state index contributed by atoms with van der Waals surface area (Å²) in [6, 6.07) is 10.6. The van der Waals surface area contributed by atoms with Gasteiger partial charge in [0.15, 0.2) is 6.29 Å². The summed E-state index contributed by atoms with van der Waals surface area (Å²) in [5.41, 5.74) is 0.698. The lowest BCUT2D eigenvalue weighted by molar-refractivity contribution is -0.104. The van der Waals surface area contributed by atoms with Crippen LogP contribution in [0.5, 0.6) is 5.75 Å². The molecular formula is C15H11NO5S. The monoisotopic (exact) mass is 317 g/mol. The van der Waals surface area contributed by atoms with Gasteiger partial charge >= 0.3 is 0 Å². The Labute approximate surface area is 126 Å². The van der Waals surface area contributed by atoms with Crippen LogP contribution in [0.3, 0.4) is 0 Å². The van der Waals surface area contributed by atoms with E-state index in [0.717, 1.165) is 0 Å². The molecular weight excluding hydrogens is 306 g/mol. The first kappa shape index (κ1) is 14.3. The second kappa shape index (κ2) is 5.27. The molecule has 1 N–H and O–H groups in total. The van der Waals surface area contributed by atoms with Gasteiger partial charge in [-0.25, -0.2) is 8.42 Å². The number of hydrogen-bond donors (Lipinski definition) is 1. The maximum absolute atomic E-state index is 12.4. The Hall–Kier alpha value is -2.67. The van der Waals surface area contributed by atoms with Gasteiger partial charge in [-0.1, -0.05) is 12.1 Å². The second-order valence-corrected chi connectivity index (χ2v) is 6.41. The molecule has 7 heteroatoms. The van der Waals surface area contributed by atoms with Crippen LogP contribution in [0, 0.1) is 0 Å². The quantitative estimate of drug-likeness (QED) is 0.518. The number of nitrogens with one attached hydrogen (secondary N) is 1. The predicted molar refractivity (Wildman–Crippen MR) is 78.4 cm³/mol. The van der Waals surface area contributed by atoms with Crippen LogP contribution in [0.15, 0.2) is 47.4 Å². The van der Waals surface area contributed by atoms with Crippen molar-refractivity contribution < 1.29 is 22.7 Å². The number of hydrogen-bond acceptors (Lipinski definition) is 5. The molecule has 0 atom stereocenters. The minimum Gasteiger partial charge on any atom is -0.489 e. The molecule has 0 unspecified atom stereocenters. The first-order chi connectivity index (χ1) is 10.5. The summed E-state index contributed by atoms with van der Waals surface area (Å²) in [6.07, 6.45) is 0.139. The maximum Gasteiger partial charge on any atom is 0.261 e. The number of rotatable bonds is 2. The zero-order valence-corrected chi connectivity index (χ0v) is 12.1. The van der Waals surface area contributed by atoms with E-state index in [9.17, 15) is 18.0 Å². The Morgan fingerprint density at radius 3 is 2.77 bits per heavy atom. The maximum atomic E-state index is 12.4. The fourth-order valence-electron chi connectivity index (χ4n) is 2.15. The average molecular weight is 317 g/mol. The van der Waals surface area contributed by atoms with E-state index < -0.39 is 15.8 Å². The highest BCUT2D eigenvalue weighted by Gasteiger charge is 2.21. The molecule has 0 amide bonds. The number of anilines is 1. The molecule has 0 saturated heterocycles. The number of carbonyl (C=O) groups excluding carboxylic acids is 2. The zero-order valence-electron chi connectivity index (χ0n) is 11.3. The van der Waals surface area contributed by atoms with Crippen molar-refractivity contribution in [1.29, 1.82) is 0 Å². The fourth-order valence-corrected chi connectivity index (χ4v) is 3.29. The first-order valence-corrected chi connectivity index (χ1v) is 7.86. The van der Waals surface area contributed by atoms with Crippen LogP contribution >= 0.6 is 0 Å². The number of benzene rings is 2. The molecule has 112 valence electrons. The molecule has 0 saturated carbocycles. The summed E-state index contributed by atoms with van der Waals surface area (Å²) >= 11 is 0. The van der Waals surface area contributed by atoms with Gasteiger partial charge in [0.1, 0.15) is 12.4 Å². The SMILES string of the molecule is O=CC(=O)c1ccc2cc1NS(=O)(=O)c1cccc(c1)CO2. The summed E-state index contributed by atoms with van der Waals surface area (Å²) in [6.45, 7) is 0.198. The van der Waals surface area contributed by atoms with Gasteiger partial charge in [0.25, 0.3) is 10.0 Å². The van der Waals surface area contributed by atoms with Crippen LogP contribution in [-0.4, -0.2) is 20.5 Å². The molecule has 0 fully saturated rings. The number of aldehydes is 1. The van der Waals surface area contributed by atoms with Gasteiger partial charge in [-0.15, -0.1) is 0 Å². The molecule has 0 aliphatic carbocycles. The second-order valence-electron chi connectivity index (χ2n) is 4.73. The van der Waals surface area contributed by atoms with Crippen LogP contribution in [0.2, 0.25) is 0 Å². The molecule has 4 bridgehead atoms. The molecule has 0 aromatic heterocycles. The van der Waals surface area contributed by atoms with Crippen LogP contribution in [-0.2, 0) is 21.4 Å². The van der Waals surface area contributed by atoms with E-state index in [1.54, 1.807) is 12.1 Å². The molecule has 1 aliphatic heterocycles. The van der Waals surface area contributed by atoms with Crippen LogP contribution in [0.1, 0.15) is 15.9 Å². The third kappa shape index (κ3) is 2.58. The standard InChI is InChI=1S/C15H11NO5S/c17-8-15(18)13-5-4-11-7-14(13)16-22(19,20)12-3-1-2-10(6-12)9-21-11/h1-8,16H,9H2. The first-order valence-electron chi connectivity index (χ1n) is 6.38. The largest absolute Gasteiger partial charge is 0.489 e. The minimum atomic E-state index is -3.86. The molecule has 2 aromatic rings. The van der Waals surface area contributed by atoms with E-state index in [1.165, 1.54) is 30.3 Å². The Kier molecular flexibility index (Phi) is 3.42. The topological polar surface area (TPSA) is 89.5 Å². The number of fused-ring (bicyclic) bond motifs is 4. The van der Waals surface area contributed by atoms with Gasteiger partial charge < -0.3 is 4.74 Å². The fraction of sp³-hybridized carbons (Fsp3) is 0.0667. The van der Waals surface area contributed by atoms with Crippen molar-refractivity contribution in [2.45, 2.75) is 11.5 Å². The Morgan fingerprint density at radius 2 is 2.00 bits per heavy atom. The van der Waals surface area contributed by atoms with E-state index in [1.807, 2.05) is 0 Å². The minimum absolute atomic E-state index is 0.0157. The Morgan fingerprint density at radius 1 is 1.18 bits per heavy atom. The van der Waals surface area contributed by atoms with Crippen molar-refractivity contribution in [3.05, 3.63) is 53.6 Å². The van der Waals surface area contributed by atoms with E-state index in [4.69, 9.17) is 4.74 Å². The smallest absolute Gasteiger partial charge is 0.261 e. The van der Waals surface area contributed by atoms with Crippen molar-refractivity contribution in [2.24, 2.45) is 0 Å². The lowest BCUT2D eigenvalue weighted by Gasteiger charge is -2.16. The molecule has 22 heavy (non-hydrogen) atoms. The molecule has 1 aliphatic rings. The van der Waals surface area contributed by atoms with E-state index in [2.05, 4.69) is 4.72 Å². The van der Waals surface area contributed by atoms with Crippen molar-refractivity contribution >= 4 is 27.8 Å². The van der Waals surface area contributed by atoms with Gasteiger partial charge in [-0.2, -0.15) is 0 Å². The van der Waals surface area contributed by atoms with Gasteiger partial charge in [0, 0.05) is 11.6 Å². The molecule has 6 nitrogen and oxygen atoms in total. The van der Waals surface area contributed by atoms with E-state index >= 15 is 0 Å². The van der Waals surface area contributed by atoms with Crippen LogP contribution in [0.4, 0.5) is 5.69 Å². The van der Waals surface area contributed by atoms with Gasteiger partial charge in [0.05, 0.1) is 10.6 Å². The normalized spacial score (nSPS) is 15.1. The number of sulfonamides is 1. The highest BCUT2D eigenvalue weighted by molar-refractivity contribution is 7.92. The lowest BCUT2D eigenvalue weighted by Crippen LogP contribution is -2.17. The van der Waals surface area contributed by atoms with Crippen molar-refractivity contribution in [3.8, 4) is 5.75 Å². The molecule has 1 heterocycles. The average Bonchev–Trinajstić information content (AvgIpc) is 2.51. The van der Waals surface area contributed by atoms with Gasteiger partial charge in [0.2, 0.25) is 5.78 Å². The molecule has 2 aromatic carbocycles. The Balaban J connectivity index is 2.18. The zero-order chi connectivity index (χ0) is 15.7. The summed E-state index contributed by atoms with van der Waals surface area (Å²) in [5, 5.41) is 0. The third-order valence-corrected chi connectivity index (χ3v) is 4.59. The van der Waals surface area contributed by atoms with Crippen molar-refractivity contribution in [2.75, 3.05) is 4.72 Å². The number of Topliss-reactive ketones (excluding diaryl/α,β-unsaturated/α-hetero) is 1. The van der Waals surface area contributed by atoms with Crippen molar-refractivity contribution in [3.63, 3.8) is 0 Å². The van der Waals surface area contributed by atoms with E-state index in [-0.39, 0.29) is 29.0 Å². The summed E-state index contributed by atoms with van der Waals surface area (Å²) in [5.74, 6) is -0.414. The van der Waals surface area contributed by atoms with Gasteiger partial charge in [-0.3, -0.25) is 14.3 Å². The van der Waals surface area contributed by atoms with Crippen molar-refractivity contribution in [1.82, 2.24) is 0 Å². The molecule has 0 radical (unpaired) electrons. The molecule has 3 rings (SSSR count). The molecule has 0 spiro atoms. The summed E-state index contributed by atoms with van der Waals surface area (Å²) in [4.78, 5) is 22.4. The lowest BCUT2D eigenvalue weighted by atomic mass is 10.1. The Bertz CT molecular complexity index is 873. The number of ether oxygens (including phenoxy) is 1.